The largest absolute Gasteiger partial charge is 0.419 e. The molecule has 42 valence electrons. The van der Waals surface area contributed by atoms with Gasteiger partial charge in [-0.3, -0.25) is 11.6 Å². The van der Waals surface area contributed by atoms with Gasteiger partial charge >= 0.3 is 0 Å². The average molecular weight is 106 g/mol. The van der Waals surface area contributed by atoms with Gasteiger partial charge in [0.2, 0.25) is 0 Å². The Balaban J connectivity index is 2.58. The lowest BCUT2D eigenvalue weighted by molar-refractivity contribution is 0.564. The fourth-order valence-electron chi connectivity index (χ4n) is 0.647. The minimum atomic E-state index is 0.884. The van der Waals surface area contributed by atoms with Gasteiger partial charge < -0.3 is 4.79 Å². The van der Waals surface area contributed by atoms with Crippen LogP contribution in [-0.4, -0.2) is 6.29 Å². The van der Waals surface area contributed by atoms with Crippen LogP contribution in [0.5, 0.6) is 0 Å². The Kier molecular flexibility index (Phi) is 1.52. The molecule has 8 heavy (non-hydrogen) atoms. The fraction of sp³-hybridized carbons (Fsp3) is 0.143. The second-order valence-corrected chi connectivity index (χ2v) is 1.64. The van der Waals surface area contributed by atoms with E-state index in [4.69, 9.17) is 0 Å². The van der Waals surface area contributed by atoms with E-state index in [2.05, 4.69) is 0 Å². The van der Waals surface area contributed by atoms with Gasteiger partial charge in [0.15, 0.2) is 0 Å². The van der Waals surface area contributed by atoms with Crippen LogP contribution < -0.4 is 0 Å². The summed E-state index contributed by atoms with van der Waals surface area (Å²) in [5.74, 6) is 0. The molecule has 0 bridgehead atoms. The quantitative estimate of drug-likeness (QED) is 0.362. The second kappa shape index (κ2) is 2.36. The van der Waals surface area contributed by atoms with Gasteiger partial charge in [0, 0.05) is 0 Å². The van der Waals surface area contributed by atoms with Crippen molar-refractivity contribution in [3.63, 3.8) is 0 Å². The molecule has 0 radical (unpaired) electrons. The molecule has 0 aromatic rings. The van der Waals surface area contributed by atoms with Crippen LogP contribution in [0.1, 0.15) is 6.42 Å². The van der Waals surface area contributed by atoms with Crippen molar-refractivity contribution in [2.45, 2.75) is 6.42 Å². The van der Waals surface area contributed by atoms with Gasteiger partial charge in [-0.15, -0.1) is 0 Å². The summed E-state index contributed by atoms with van der Waals surface area (Å²) in [7, 11) is 0. The number of allylic oxidation sites excluding steroid dienone is 4. The first kappa shape index (κ1) is 5.16. The minimum Gasteiger partial charge on any atom is -0.419 e. The molecule has 1 rings (SSSR count). The van der Waals surface area contributed by atoms with E-state index in [-0.39, 0.29) is 0 Å². The van der Waals surface area contributed by atoms with Gasteiger partial charge in [-0.1, -0.05) is 0 Å². The first-order valence-corrected chi connectivity index (χ1v) is 2.50. The summed E-state index contributed by atoms with van der Waals surface area (Å²) in [5.41, 5.74) is 1.04. The summed E-state index contributed by atoms with van der Waals surface area (Å²) in [4.78, 5) is 9.71. The third kappa shape index (κ3) is 0.997. The van der Waals surface area contributed by atoms with Crippen LogP contribution in [0.3, 0.4) is 0 Å². The Morgan fingerprint density at radius 2 is 2.75 bits per heavy atom. The van der Waals surface area contributed by atoms with Crippen molar-refractivity contribution in [3.05, 3.63) is 30.2 Å². The first-order chi connectivity index (χ1) is 3.93. The Morgan fingerprint density at radius 1 is 1.88 bits per heavy atom. The molecule has 0 saturated carbocycles. The van der Waals surface area contributed by atoms with Crippen molar-refractivity contribution in [3.8, 4) is 0 Å². The fourth-order valence-corrected chi connectivity index (χ4v) is 0.647. The molecule has 0 aromatic carbocycles. The lowest BCUT2D eigenvalue weighted by Crippen LogP contribution is -1.70. The molecule has 1 heteroatoms. The minimum absolute atomic E-state index is 0.884. The number of carbonyl (C=O) groups excluding carboxylic acids is 1. The van der Waals surface area contributed by atoms with E-state index < -0.39 is 0 Å². The summed E-state index contributed by atoms with van der Waals surface area (Å²) >= 11 is 0. The molecule has 0 heterocycles. The molecule has 0 N–H and O–H groups in total. The molecular formula is C7H6O-2. The van der Waals surface area contributed by atoms with E-state index in [0.29, 0.717) is 0 Å². The normalized spacial score (nSPS) is 21.2. The third-order valence-electron chi connectivity index (χ3n) is 1.04. The van der Waals surface area contributed by atoms with Crippen LogP contribution in [0.25, 0.3) is 0 Å². The van der Waals surface area contributed by atoms with Crippen LogP contribution in [-0.2, 0) is 4.79 Å². The van der Waals surface area contributed by atoms with Crippen LogP contribution in [0.4, 0.5) is 0 Å². The first-order valence-electron chi connectivity index (χ1n) is 2.50. The summed E-state index contributed by atoms with van der Waals surface area (Å²) in [6.07, 6.45) is 9.91. The van der Waals surface area contributed by atoms with Crippen LogP contribution >= 0.6 is 0 Å². The van der Waals surface area contributed by atoms with Crippen molar-refractivity contribution >= 4 is 6.29 Å². The highest BCUT2D eigenvalue weighted by molar-refractivity contribution is 5.68. The highest BCUT2D eigenvalue weighted by Crippen LogP contribution is 2.12. The average Bonchev–Trinajstić information content (AvgIpc) is 2.19. The van der Waals surface area contributed by atoms with E-state index in [0.717, 1.165) is 12.0 Å². The highest BCUT2D eigenvalue weighted by atomic mass is 16.1. The monoisotopic (exact) mass is 106 g/mol. The van der Waals surface area contributed by atoms with Crippen LogP contribution in [0.15, 0.2) is 23.8 Å². The zero-order valence-corrected chi connectivity index (χ0v) is 4.42. The van der Waals surface area contributed by atoms with Crippen molar-refractivity contribution in [1.82, 2.24) is 0 Å². The third-order valence-corrected chi connectivity index (χ3v) is 1.04. The summed E-state index contributed by atoms with van der Waals surface area (Å²) in [6.45, 7) is 0. The summed E-state index contributed by atoms with van der Waals surface area (Å²) in [6, 6.07) is 0. The van der Waals surface area contributed by atoms with Crippen molar-refractivity contribution in [1.29, 1.82) is 0 Å². The van der Waals surface area contributed by atoms with E-state index in [9.17, 15) is 4.79 Å². The molecule has 1 nitrogen and oxygen atoms in total. The van der Waals surface area contributed by atoms with E-state index in [1.54, 1.807) is 6.29 Å². The van der Waals surface area contributed by atoms with Gasteiger partial charge in [0.25, 0.3) is 0 Å². The van der Waals surface area contributed by atoms with Crippen molar-refractivity contribution in [2.75, 3.05) is 0 Å². The molecule has 1 aliphatic carbocycles. The topological polar surface area (TPSA) is 17.1 Å². The number of hydrogen-bond acceptors (Lipinski definition) is 1. The van der Waals surface area contributed by atoms with Gasteiger partial charge in [-0.2, -0.15) is 6.42 Å². The lowest BCUT2D eigenvalue weighted by atomic mass is 10.2. The molecular weight excluding hydrogens is 100 g/mol. The van der Waals surface area contributed by atoms with Crippen molar-refractivity contribution in [2.24, 2.45) is 0 Å². The number of rotatable bonds is 1. The predicted octanol–water partition coefficient (Wildman–Crippen LogP) is 1.19. The van der Waals surface area contributed by atoms with Crippen molar-refractivity contribution < 1.29 is 4.79 Å². The van der Waals surface area contributed by atoms with Gasteiger partial charge in [0.05, 0.1) is 0 Å². The molecule has 0 unspecified atom stereocenters. The number of hydrogen-bond donors (Lipinski definition) is 0. The van der Waals surface area contributed by atoms with Crippen LogP contribution in [0, 0.1) is 6.42 Å². The van der Waals surface area contributed by atoms with Gasteiger partial charge in [-0.05, 0) is 6.29 Å². The lowest BCUT2D eigenvalue weighted by Gasteiger charge is -2.03. The molecule has 0 spiro atoms. The summed E-state index contributed by atoms with van der Waals surface area (Å²) in [5, 5.41) is 0. The predicted molar refractivity (Wildman–Crippen MR) is 31.8 cm³/mol. The molecule has 0 saturated heterocycles. The summed E-state index contributed by atoms with van der Waals surface area (Å²) < 4.78 is 0. The Bertz CT molecular complexity index is 142. The molecule has 0 atom stereocenters. The molecule has 0 aromatic heterocycles. The van der Waals surface area contributed by atoms with E-state index in [1.807, 2.05) is 18.6 Å². The molecule has 0 amide bonds. The standard InChI is InChI=1S/C7H6O/c8-6-5-7-3-1-2-4-7/h1-3,5H,4H2/q-2. The maximum Gasteiger partial charge on any atom is -0.0154 e. The Hall–Kier alpha value is -0.980. The second-order valence-electron chi connectivity index (χ2n) is 1.64. The maximum atomic E-state index is 9.71. The van der Waals surface area contributed by atoms with E-state index in [1.165, 1.54) is 6.08 Å². The Morgan fingerprint density at radius 3 is 3.25 bits per heavy atom. The molecule has 0 aliphatic heterocycles. The maximum absolute atomic E-state index is 9.71. The smallest absolute Gasteiger partial charge is 0.0154 e. The zero-order chi connectivity index (χ0) is 5.82. The van der Waals surface area contributed by atoms with Gasteiger partial charge in [-0.25, -0.2) is 18.6 Å². The van der Waals surface area contributed by atoms with Crippen LogP contribution in [0.2, 0.25) is 0 Å². The molecule has 1 aliphatic rings. The molecule has 0 fully saturated rings. The van der Waals surface area contributed by atoms with Gasteiger partial charge in [0.1, 0.15) is 0 Å². The zero-order valence-electron chi connectivity index (χ0n) is 4.42. The Labute approximate surface area is 48.7 Å². The van der Waals surface area contributed by atoms with E-state index >= 15 is 0 Å². The highest BCUT2D eigenvalue weighted by Gasteiger charge is 1.75. The SMILES string of the molecule is O=[C-]C=C1C=C[CH-]C1.